The molecule has 2 aromatic rings. The topological polar surface area (TPSA) is 55.1 Å². The molecule has 22 heavy (non-hydrogen) atoms. The average Bonchev–Trinajstić information content (AvgIpc) is 2.89. The Balaban J connectivity index is 1.63. The summed E-state index contributed by atoms with van der Waals surface area (Å²) in [5.41, 5.74) is 1.38. The van der Waals surface area contributed by atoms with E-state index in [1.807, 2.05) is 0 Å². The van der Waals surface area contributed by atoms with Crippen molar-refractivity contribution >= 4 is 17.7 Å². The van der Waals surface area contributed by atoms with E-state index < -0.39 is 0 Å². The van der Waals surface area contributed by atoms with Crippen LogP contribution in [0.3, 0.4) is 0 Å². The van der Waals surface area contributed by atoms with Crippen LogP contribution in [0.15, 0.2) is 34.9 Å². The number of nitrogens with zero attached hydrogens (tertiary/aromatic N) is 1. The molecule has 1 aliphatic heterocycles. The highest BCUT2D eigenvalue weighted by Gasteiger charge is 2.21. The number of carbonyl (C=O) groups is 1. The average molecular weight is 320 g/mol. The quantitative estimate of drug-likeness (QED) is 0.938. The molecule has 1 fully saturated rings. The van der Waals surface area contributed by atoms with Gasteiger partial charge < -0.3 is 9.73 Å². The summed E-state index contributed by atoms with van der Waals surface area (Å²) in [5.74, 6) is 0.801. The number of halogens is 1. The highest BCUT2D eigenvalue weighted by Crippen LogP contribution is 2.26. The third kappa shape index (κ3) is 3.68. The standard InChI is InChI=1S/C16H17FN2O2S/c17-12-5-3-4-11(8-12)16-19-13(9-21-16)10-22-14-6-1-2-7-18-15(14)20/h3-5,8-9,14H,1-2,6-7,10H2,(H,18,20)/t14-/m0/s1. The number of rotatable bonds is 4. The van der Waals surface area contributed by atoms with Gasteiger partial charge in [0, 0.05) is 17.9 Å². The third-order valence-corrected chi connectivity index (χ3v) is 4.86. The van der Waals surface area contributed by atoms with Gasteiger partial charge in [-0.2, -0.15) is 0 Å². The van der Waals surface area contributed by atoms with E-state index in [0.29, 0.717) is 17.2 Å². The van der Waals surface area contributed by atoms with Gasteiger partial charge in [-0.05, 0) is 31.0 Å². The fraction of sp³-hybridized carbons (Fsp3) is 0.375. The second-order valence-electron chi connectivity index (χ2n) is 5.24. The van der Waals surface area contributed by atoms with Gasteiger partial charge in [-0.25, -0.2) is 9.37 Å². The SMILES string of the molecule is O=C1NCCCC[C@@H]1SCc1coc(-c2cccc(F)c2)n1. The van der Waals surface area contributed by atoms with E-state index in [4.69, 9.17) is 4.42 Å². The Kier molecular flexibility index (Phi) is 4.77. The van der Waals surface area contributed by atoms with Crippen LogP contribution < -0.4 is 5.32 Å². The van der Waals surface area contributed by atoms with Crippen LogP contribution >= 0.6 is 11.8 Å². The van der Waals surface area contributed by atoms with Crippen molar-refractivity contribution in [1.82, 2.24) is 10.3 Å². The number of oxazole rings is 1. The first kappa shape index (κ1) is 15.1. The number of benzene rings is 1. The molecule has 0 aliphatic carbocycles. The number of hydrogen-bond acceptors (Lipinski definition) is 4. The third-order valence-electron chi connectivity index (χ3n) is 3.54. The highest BCUT2D eigenvalue weighted by molar-refractivity contribution is 7.99. The molecule has 6 heteroatoms. The predicted octanol–water partition coefficient (Wildman–Crippen LogP) is 3.38. The molecule has 1 N–H and O–H groups in total. The molecule has 1 saturated heterocycles. The summed E-state index contributed by atoms with van der Waals surface area (Å²) in [6.07, 6.45) is 4.56. The molecule has 116 valence electrons. The summed E-state index contributed by atoms with van der Waals surface area (Å²) in [7, 11) is 0. The fourth-order valence-electron chi connectivity index (χ4n) is 2.38. The van der Waals surface area contributed by atoms with E-state index in [0.717, 1.165) is 31.5 Å². The zero-order valence-electron chi connectivity index (χ0n) is 12.0. The number of thioether (sulfide) groups is 1. The molecule has 1 aliphatic rings. The molecule has 1 amide bonds. The van der Waals surface area contributed by atoms with Crippen LogP contribution in [-0.4, -0.2) is 22.7 Å². The largest absolute Gasteiger partial charge is 0.444 e. The number of amides is 1. The lowest BCUT2D eigenvalue weighted by Gasteiger charge is -2.11. The Morgan fingerprint density at radius 1 is 1.41 bits per heavy atom. The van der Waals surface area contributed by atoms with Gasteiger partial charge in [-0.1, -0.05) is 12.5 Å². The van der Waals surface area contributed by atoms with E-state index in [1.54, 1.807) is 30.2 Å². The summed E-state index contributed by atoms with van der Waals surface area (Å²) < 4.78 is 18.6. The first-order chi connectivity index (χ1) is 10.7. The van der Waals surface area contributed by atoms with Crippen LogP contribution in [-0.2, 0) is 10.5 Å². The molecule has 3 rings (SSSR count). The van der Waals surface area contributed by atoms with Crippen LogP contribution in [0.4, 0.5) is 4.39 Å². The minimum atomic E-state index is -0.318. The molecule has 1 aromatic heterocycles. The molecular formula is C16H17FN2O2S. The zero-order chi connectivity index (χ0) is 15.4. The summed E-state index contributed by atoms with van der Waals surface area (Å²) in [5, 5.41) is 2.89. The lowest BCUT2D eigenvalue weighted by molar-refractivity contribution is -0.120. The number of nitrogens with one attached hydrogen (secondary N) is 1. The summed E-state index contributed by atoms with van der Waals surface area (Å²) in [6, 6.07) is 6.15. The maximum absolute atomic E-state index is 13.2. The maximum atomic E-state index is 13.2. The van der Waals surface area contributed by atoms with Crippen molar-refractivity contribution in [3.8, 4) is 11.5 Å². The summed E-state index contributed by atoms with van der Waals surface area (Å²) in [4.78, 5) is 16.3. The Morgan fingerprint density at radius 3 is 3.18 bits per heavy atom. The van der Waals surface area contributed by atoms with Crippen LogP contribution in [0, 0.1) is 5.82 Å². The molecule has 0 unspecified atom stereocenters. The predicted molar refractivity (Wildman–Crippen MR) is 83.8 cm³/mol. The molecule has 2 heterocycles. The lowest BCUT2D eigenvalue weighted by atomic mass is 10.2. The molecule has 0 saturated carbocycles. The van der Waals surface area contributed by atoms with Crippen LogP contribution in [0.5, 0.6) is 0 Å². The minimum Gasteiger partial charge on any atom is -0.444 e. The summed E-state index contributed by atoms with van der Waals surface area (Å²) >= 11 is 1.57. The molecule has 0 radical (unpaired) electrons. The van der Waals surface area contributed by atoms with Gasteiger partial charge in [0.1, 0.15) is 12.1 Å². The van der Waals surface area contributed by atoms with Crippen molar-refractivity contribution in [2.24, 2.45) is 0 Å². The van der Waals surface area contributed by atoms with E-state index >= 15 is 0 Å². The van der Waals surface area contributed by atoms with Gasteiger partial charge in [-0.15, -0.1) is 11.8 Å². The monoisotopic (exact) mass is 320 g/mol. The number of carbonyl (C=O) groups excluding carboxylic acids is 1. The van der Waals surface area contributed by atoms with Crippen molar-refractivity contribution in [2.75, 3.05) is 6.54 Å². The van der Waals surface area contributed by atoms with Gasteiger partial charge >= 0.3 is 0 Å². The van der Waals surface area contributed by atoms with E-state index in [2.05, 4.69) is 10.3 Å². The Morgan fingerprint density at radius 2 is 2.32 bits per heavy atom. The van der Waals surface area contributed by atoms with Gasteiger partial charge in [0.2, 0.25) is 11.8 Å². The molecular weight excluding hydrogens is 303 g/mol. The van der Waals surface area contributed by atoms with E-state index in [1.165, 1.54) is 12.1 Å². The Hall–Kier alpha value is -1.82. The minimum absolute atomic E-state index is 0.0307. The normalized spacial score (nSPS) is 18.8. The number of aromatic nitrogens is 1. The van der Waals surface area contributed by atoms with Crippen molar-refractivity contribution in [2.45, 2.75) is 30.3 Å². The smallest absolute Gasteiger partial charge is 0.233 e. The maximum Gasteiger partial charge on any atom is 0.233 e. The van der Waals surface area contributed by atoms with Crippen LogP contribution in [0.25, 0.3) is 11.5 Å². The van der Waals surface area contributed by atoms with Crippen molar-refractivity contribution < 1.29 is 13.6 Å². The van der Waals surface area contributed by atoms with Crippen molar-refractivity contribution in [3.05, 3.63) is 42.0 Å². The van der Waals surface area contributed by atoms with E-state index in [9.17, 15) is 9.18 Å². The van der Waals surface area contributed by atoms with Gasteiger partial charge in [0.25, 0.3) is 0 Å². The molecule has 1 aromatic carbocycles. The second-order valence-corrected chi connectivity index (χ2v) is 6.43. The Labute approximate surface area is 132 Å². The highest BCUT2D eigenvalue weighted by atomic mass is 32.2. The van der Waals surface area contributed by atoms with Gasteiger partial charge in [0.15, 0.2) is 0 Å². The van der Waals surface area contributed by atoms with E-state index in [-0.39, 0.29) is 17.0 Å². The van der Waals surface area contributed by atoms with Gasteiger partial charge in [-0.3, -0.25) is 4.79 Å². The van der Waals surface area contributed by atoms with Crippen molar-refractivity contribution in [3.63, 3.8) is 0 Å². The van der Waals surface area contributed by atoms with Crippen LogP contribution in [0.2, 0.25) is 0 Å². The van der Waals surface area contributed by atoms with Gasteiger partial charge in [0.05, 0.1) is 10.9 Å². The summed E-state index contributed by atoms with van der Waals surface area (Å²) in [6.45, 7) is 0.767. The lowest BCUT2D eigenvalue weighted by Crippen LogP contribution is -2.30. The fourth-order valence-corrected chi connectivity index (χ4v) is 3.46. The first-order valence-electron chi connectivity index (χ1n) is 7.32. The molecule has 0 bridgehead atoms. The van der Waals surface area contributed by atoms with Crippen LogP contribution in [0.1, 0.15) is 25.0 Å². The van der Waals surface area contributed by atoms with Crippen molar-refractivity contribution in [1.29, 1.82) is 0 Å². The molecule has 0 spiro atoms. The molecule has 1 atom stereocenters. The zero-order valence-corrected chi connectivity index (χ0v) is 12.9. The Bertz CT molecular complexity index is 659. The molecule has 4 nitrogen and oxygen atoms in total. The second kappa shape index (κ2) is 6.96. The first-order valence-corrected chi connectivity index (χ1v) is 8.37. The number of hydrogen-bond donors (Lipinski definition) is 1.